The SMILES string of the molecule is NCC[C@H]1CCc2nc(N)sc2C1. The highest BCUT2D eigenvalue weighted by atomic mass is 32.1. The van der Waals surface area contributed by atoms with E-state index in [9.17, 15) is 0 Å². The van der Waals surface area contributed by atoms with Gasteiger partial charge in [0.15, 0.2) is 5.13 Å². The summed E-state index contributed by atoms with van der Waals surface area (Å²) in [6, 6.07) is 0. The minimum Gasteiger partial charge on any atom is -0.375 e. The van der Waals surface area contributed by atoms with E-state index in [4.69, 9.17) is 11.5 Å². The number of hydrogen-bond donors (Lipinski definition) is 2. The molecule has 0 saturated carbocycles. The molecule has 0 bridgehead atoms. The normalized spacial score (nSPS) is 21.5. The number of thiazole rings is 1. The van der Waals surface area contributed by atoms with Crippen molar-refractivity contribution in [1.82, 2.24) is 4.98 Å². The molecule has 0 amide bonds. The van der Waals surface area contributed by atoms with E-state index in [-0.39, 0.29) is 0 Å². The van der Waals surface area contributed by atoms with Crippen molar-refractivity contribution in [3.05, 3.63) is 10.6 Å². The van der Waals surface area contributed by atoms with Crippen LogP contribution in [0.2, 0.25) is 0 Å². The quantitative estimate of drug-likeness (QED) is 0.748. The Kier molecular flexibility index (Phi) is 2.51. The van der Waals surface area contributed by atoms with Crippen molar-refractivity contribution in [3.63, 3.8) is 0 Å². The summed E-state index contributed by atoms with van der Waals surface area (Å²) in [6.45, 7) is 0.800. The van der Waals surface area contributed by atoms with Gasteiger partial charge in [0.1, 0.15) is 0 Å². The lowest BCUT2D eigenvalue weighted by Crippen LogP contribution is -2.16. The molecule has 0 unspecified atom stereocenters. The van der Waals surface area contributed by atoms with Gasteiger partial charge in [-0.05, 0) is 38.1 Å². The van der Waals surface area contributed by atoms with Gasteiger partial charge in [0, 0.05) is 4.88 Å². The Morgan fingerprint density at radius 3 is 3.15 bits per heavy atom. The van der Waals surface area contributed by atoms with Crippen molar-refractivity contribution in [2.45, 2.75) is 25.7 Å². The van der Waals surface area contributed by atoms with Gasteiger partial charge >= 0.3 is 0 Å². The number of nitrogen functional groups attached to an aromatic ring is 1. The fourth-order valence-corrected chi connectivity index (χ4v) is 2.94. The molecule has 0 saturated heterocycles. The maximum atomic E-state index is 5.66. The zero-order valence-corrected chi connectivity index (χ0v) is 8.44. The summed E-state index contributed by atoms with van der Waals surface area (Å²) in [4.78, 5) is 5.70. The molecule has 0 radical (unpaired) electrons. The maximum Gasteiger partial charge on any atom is 0.180 e. The minimum absolute atomic E-state index is 0.721. The number of nitrogens with zero attached hydrogens (tertiary/aromatic N) is 1. The van der Waals surface area contributed by atoms with Crippen molar-refractivity contribution < 1.29 is 0 Å². The van der Waals surface area contributed by atoms with Crippen molar-refractivity contribution in [3.8, 4) is 0 Å². The number of hydrogen-bond acceptors (Lipinski definition) is 4. The lowest BCUT2D eigenvalue weighted by atomic mass is 9.89. The van der Waals surface area contributed by atoms with Gasteiger partial charge in [-0.15, -0.1) is 11.3 Å². The molecule has 1 atom stereocenters. The Bertz CT molecular complexity index is 295. The van der Waals surface area contributed by atoms with Gasteiger partial charge < -0.3 is 11.5 Å². The van der Waals surface area contributed by atoms with Crippen molar-refractivity contribution in [1.29, 1.82) is 0 Å². The summed E-state index contributed by atoms with van der Waals surface area (Å²) in [6.07, 6.45) is 4.60. The molecule has 4 N–H and O–H groups in total. The van der Waals surface area contributed by atoms with Gasteiger partial charge in [-0.1, -0.05) is 0 Å². The Hall–Kier alpha value is -0.610. The fraction of sp³-hybridized carbons (Fsp3) is 0.667. The Balaban J connectivity index is 2.10. The van der Waals surface area contributed by atoms with Crippen LogP contribution in [0.3, 0.4) is 0 Å². The zero-order chi connectivity index (χ0) is 9.26. The van der Waals surface area contributed by atoms with Gasteiger partial charge in [-0.25, -0.2) is 4.98 Å². The number of aryl methyl sites for hydroxylation is 1. The van der Waals surface area contributed by atoms with Gasteiger partial charge in [0.05, 0.1) is 5.69 Å². The summed E-state index contributed by atoms with van der Waals surface area (Å²) in [7, 11) is 0. The number of fused-ring (bicyclic) bond motifs is 1. The molecule has 1 aliphatic rings. The van der Waals surface area contributed by atoms with Crippen molar-refractivity contribution >= 4 is 16.5 Å². The lowest BCUT2D eigenvalue weighted by Gasteiger charge is -2.19. The van der Waals surface area contributed by atoms with Crippen LogP contribution in [-0.4, -0.2) is 11.5 Å². The molecule has 1 aromatic rings. The monoisotopic (exact) mass is 197 g/mol. The first-order valence-corrected chi connectivity index (χ1v) is 5.55. The van der Waals surface area contributed by atoms with Crippen LogP contribution in [0.1, 0.15) is 23.4 Å². The minimum atomic E-state index is 0.721. The fourth-order valence-electron chi connectivity index (χ4n) is 1.95. The largest absolute Gasteiger partial charge is 0.375 e. The molecule has 0 fully saturated rings. The molecule has 1 aliphatic carbocycles. The topological polar surface area (TPSA) is 64.9 Å². The molecule has 0 aliphatic heterocycles. The zero-order valence-electron chi connectivity index (χ0n) is 7.62. The first kappa shape index (κ1) is 8.97. The standard InChI is InChI=1S/C9H15N3S/c10-4-3-6-1-2-7-8(5-6)13-9(11)12-7/h6H,1-5,10H2,(H2,11,12)/t6-/m1/s1. The van der Waals surface area contributed by atoms with Crippen molar-refractivity contribution in [2.24, 2.45) is 11.7 Å². The first-order chi connectivity index (χ1) is 6.29. The summed E-state index contributed by atoms with van der Waals surface area (Å²) in [5.74, 6) is 0.761. The average Bonchev–Trinajstić information content (AvgIpc) is 2.44. The van der Waals surface area contributed by atoms with Gasteiger partial charge in [-0.3, -0.25) is 0 Å². The predicted molar refractivity (Wildman–Crippen MR) is 55.7 cm³/mol. The van der Waals surface area contributed by atoms with E-state index in [0.717, 1.165) is 36.9 Å². The number of rotatable bonds is 2. The highest BCUT2D eigenvalue weighted by Gasteiger charge is 2.21. The lowest BCUT2D eigenvalue weighted by molar-refractivity contribution is 0.434. The molecule has 2 rings (SSSR count). The van der Waals surface area contributed by atoms with Crippen LogP contribution in [-0.2, 0) is 12.8 Å². The third kappa shape index (κ3) is 1.84. The Labute approximate surface area is 82.2 Å². The van der Waals surface area contributed by atoms with E-state index in [0.29, 0.717) is 0 Å². The molecule has 1 heterocycles. The molecule has 13 heavy (non-hydrogen) atoms. The molecule has 4 heteroatoms. The summed E-state index contributed by atoms with van der Waals surface area (Å²) >= 11 is 1.65. The summed E-state index contributed by atoms with van der Waals surface area (Å²) in [5, 5.41) is 0.721. The van der Waals surface area contributed by atoms with E-state index in [1.165, 1.54) is 17.0 Å². The molecular weight excluding hydrogens is 182 g/mol. The third-order valence-electron chi connectivity index (χ3n) is 2.63. The van der Waals surface area contributed by atoms with Crippen LogP contribution in [0.25, 0.3) is 0 Å². The van der Waals surface area contributed by atoms with E-state index >= 15 is 0 Å². The highest BCUT2D eigenvalue weighted by Crippen LogP contribution is 2.31. The predicted octanol–water partition coefficient (Wildman–Crippen LogP) is 1.18. The summed E-state index contributed by atoms with van der Waals surface area (Å²) < 4.78 is 0. The molecular formula is C9H15N3S. The first-order valence-electron chi connectivity index (χ1n) is 4.73. The van der Waals surface area contributed by atoms with Crippen LogP contribution < -0.4 is 11.5 Å². The smallest absolute Gasteiger partial charge is 0.180 e. The number of nitrogens with two attached hydrogens (primary N) is 2. The van der Waals surface area contributed by atoms with Crippen LogP contribution in [0.15, 0.2) is 0 Å². The third-order valence-corrected chi connectivity index (χ3v) is 3.58. The Morgan fingerprint density at radius 2 is 2.38 bits per heavy atom. The molecule has 3 nitrogen and oxygen atoms in total. The van der Waals surface area contributed by atoms with Gasteiger partial charge in [0.2, 0.25) is 0 Å². The van der Waals surface area contributed by atoms with Gasteiger partial charge in [0.25, 0.3) is 0 Å². The second-order valence-electron chi connectivity index (χ2n) is 3.61. The van der Waals surface area contributed by atoms with Crippen LogP contribution >= 0.6 is 11.3 Å². The van der Waals surface area contributed by atoms with E-state index in [1.807, 2.05) is 0 Å². The van der Waals surface area contributed by atoms with E-state index in [1.54, 1.807) is 11.3 Å². The molecule has 1 aromatic heterocycles. The average molecular weight is 197 g/mol. The van der Waals surface area contributed by atoms with Crippen LogP contribution in [0, 0.1) is 5.92 Å². The highest BCUT2D eigenvalue weighted by molar-refractivity contribution is 7.15. The molecule has 0 spiro atoms. The second kappa shape index (κ2) is 3.64. The van der Waals surface area contributed by atoms with Crippen LogP contribution in [0.4, 0.5) is 5.13 Å². The molecule has 0 aromatic carbocycles. The van der Waals surface area contributed by atoms with Gasteiger partial charge in [-0.2, -0.15) is 0 Å². The van der Waals surface area contributed by atoms with Crippen LogP contribution in [0.5, 0.6) is 0 Å². The van der Waals surface area contributed by atoms with Crippen molar-refractivity contribution in [2.75, 3.05) is 12.3 Å². The van der Waals surface area contributed by atoms with E-state index < -0.39 is 0 Å². The maximum absolute atomic E-state index is 5.66. The van der Waals surface area contributed by atoms with E-state index in [2.05, 4.69) is 4.98 Å². The molecule has 72 valence electrons. The second-order valence-corrected chi connectivity index (χ2v) is 4.72. The summed E-state index contributed by atoms with van der Waals surface area (Å²) in [5.41, 5.74) is 12.4. The number of anilines is 1. The Morgan fingerprint density at radius 1 is 1.54 bits per heavy atom. The number of aromatic nitrogens is 1.